The summed E-state index contributed by atoms with van der Waals surface area (Å²) in [6, 6.07) is 15.1. The van der Waals surface area contributed by atoms with Gasteiger partial charge in [0.25, 0.3) is 0 Å². The van der Waals surface area contributed by atoms with Gasteiger partial charge in [-0.05, 0) is 17.7 Å². The molecule has 20 heavy (non-hydrogen) atoms. The maximum atomic E-state index is 12.1. The van der Waals surface area contributed by atoms with Crippen molar-refractivity contribution in [2.24, 2.45) is 0 Å². The Morgan fingerprint density at radius 3 is 2.80 bits per heavy atom. The van der Waals surface area contributed by atoms with Gasteiger partial charge in [-0.15, -0.1) is 0 Å². The minimum Gasteiger partial charge on any atom is -0.491 e. The number of fused-ring (bicyclic) bond motifs is 1. The van der Waals surface area contributed by atoms with Crippen LogP contribution in [0.3, 0.4) is 0 Å². The van der Waals surface area contributed by atoms with Crippen molar-refractivity contribution >= 4 is 17.5 Å². The van der Waals surface area contributed by atoms with Gasteiger partial charge in [-0.3, -0.25) is 4.79 Å². The third kappa shape index (κ3) is 2.63. The minimum atomic E-state index is -0.0822. The van der Waals surface area contributed by atoms with Gasteiger partial charge < -0.3 is 10.1 Å². The lowest BCUT2D eigenvalue weighted by Crippen LogP contribution is -2.30. The van der Waals surface area contributed by atoms with Crippen LogP contribution in [-0.2, 0) is 11.2 Å². The summed E-state index contributed by atoms with van der Waals surface area (Å²) < 4.78 is 5.55. The summed E-state index contributed by atoms with van der Waals surface area (Å²) in [6.45, 7) is 0.480. The standard InChI is InChI=1S/C16H14ClNO2/c17-13-7-3-1-5-11(13)9-16(19)18-14-10-20-15-8-4-2-6-12(14)15/h1-8,14H,9-10H2,(H,18,19). The van der Waals surface area contributed by atoms with Crippen molar-refractivity contribution in [3.63, 3.8) is 0 Å². The van der Waals surface area contributed by atoms with Crippen molar-refractivity contribution in [2.45, 2.75) is 12.5 Å². The monoisotopic (exact) mass is 287 g/mol. The highest BCUT2D eigenvalue weighted by molar-refractivity contribution is 6.31. The number of hydrogen-bond donors (Lipinski definition) is 1. The summed E-state index contributed by atoms with van der Waals surface area (Å²) in [7, 11) is 0. The molecule has 1 N–H and O–H groups in total. The second-order valence-corrected chi connectivity index (χ2v) is 5.14. The Hall–Kier alpha value is -2.00. The van der Waals surface area contributed by atoms with Crippen LogP contribution in [0.1, 0.15) is 17.2 Å². The lowest BCUT2D eigenvalue weighted by Gasteiger charge is -2.12. The van der Waals surface area contributed by atoms with E-state index < -0.39 is 0 Å². The summed E-state index contributed by atoms with van der Waals surface area (Å²) in [5, 5.41) is 3.60. The number of amides is 1. The quantitative estimate of drug-likeness (QED) is 0.942. The number of para-hydroxylation sites is 1. The fourth-order valence-electron chi connectivity index (χ4n) is 2.34. The molecule has 1 amide bonds. The number of ether oxygens (including phenoxy) is 1. The highest BCUT2D eigenvalue weighted by atomic mass is 35.5. The minimum absolute atomic E-state index is 0.0524. The van der Waals surface area contributed by atoms with Crippen LogP contribution in [0, 0.1) is 0 Å². The van der Waals surface area contributed by atoms with E-state index in [1.54, 1.807) is 6.07 Å². The zero-order chi connectivity index (χ0) is 13.9. The number of halogens is 1. The summed E-state index contributed by atoms with van der Waals surface area (Å²) in [5.41, 5.74) is 1.86. The average Bonchev–Trinajstić information content (AvgIpc) is 2.85. The number of carbonyl (C=O) groups is 1. The van der Waals surface area contributed by atoms with E-state index in [1.165, 1.54) is 0 Å². The SMILES string of the molecule is O=C(Cc1ccccc1Cl)NC1COc2ccccc21. The molecular weight excluding hydrogens is 274 g/mol. The molecule has 0 radical (unpaired) electrons. The first-order valence-corrected chi connectivity index (χ1v) is 6.86. The Morgan fingerprint density at radius 2 is 1.95 bits per heavy atom. The largest absolute Gasteiger partial charge is 0.491 e. The molecule has 1 atom stereocenters. The number of benzene rings is 2. The van der Waals surface area contributed by atoms with Crippen LogP contribution < -0.4 is 10.1 Å². The van der Waals surface area contributed by atoms with Gasteiger partial charge >= 0.3 is 0 Å². The van der Waals surface area contributed by atoms with Gasteiger partial charge in [-0.25, -0.2) is 0 Å². The molecule has 102 valence electrons. The first-order chi connectivity index (χ1) is 9.74. The van der Waals surface area contributed by atoms with E-state index in [0.29, 0.717) is 11.6 Å². The maximum Gasteiger partial charge on any atom is 0.225 e. The molecule has 3 nitrogen and oxygen atoms in total. The molecule has 0 aromatic heterocycles. The molecule has 0 saturated carbocycles. The fourth-order valence-corrected chi connectivity index (χ4v) is 2.54. The van der Waals surface area contributed by atoms with Crippen LogP contribution in [-0.4, -0.2) is 12.5 Å². The molecule has 0 fully saturated rings. The molecule has 1 heterocycles. The van der Waals surface area contributed by atoms with Crippen LogP contribution in [0.25, 0.3) is 0 Å². The maximum absolute atomic E-state index is 12.1. The fraction of sp³-hybridized carbons (Fsp3) is 0.188. The van der Waals surface area contributed by atoms with Crippen molar-refractivity contribution < 1.29 is 9.53 Å². The van der Waals surface area contributed by atoms with Gasteiger partial charge in [-0.2, -0.15) is 0 Å². The molecule has 3 rings (SSSR count). The third-order valence-electron chi connectivity index (χ3n) is 3.34. The Balaban J connectivity index is 1.68. The predicted molar refractivity (Wildman–Crippen MR) is 78.0 cm³/mol. The van der Waals surface area contributed by atoms with Crippen LogP contribution in [0.4, 0.5) is 0 Å². The van der Waals surface area contributed by atoms with Gasteiger partial charge in [0.1, 0.15) is 12.4 Å². The first kappa shape index (κ1) is 13.0. The van der Waals surface area contributed by atoms with Crippen LogP contribution in [0.15, 0.2) is 48.5 Å². The summed E-state index contributed by atoms with van der Waals surface area (Å²) >= 11 is 6.06. The average molecular weight is 288 g/mol. The van der Waals surface area contributed by atoms with E-state index in [2.05, 4.69) is 5.32 Å². The van der Waals surface area contributed by atoms with E-state index in [1.807, 2.05) is 42.5 Å². The lowest BCUT2D eigenvalue weighted by atomic mass is 10.1. The molecule has 1 unspecified atom stereocenters. The van der Waals surface area contributed by atoms with Gasteiger partial charge in [0.2, 0.25) is 5.91 Å². The Labute approximate surface area is 122 Å². The van der Waals surface area contributed by atoms with E-state index in [0.717, 1.165) is 16.9 Å². The molecule has 1 aliphatic rings. The Kier molecular flexibility index (Phi) is 3.61. The van der Waals surface area contributed by atoms with Crippen LogP contribution in [0.5, 0.6) is 5.75 Å². The van der Waals surface area contributed by atoms with Gasteiger partial charge in [0.05, 0.1) is 12.5 Å². The molecule has 2 aromatic rings. The lowest BCUT2D eigenvalue weighted by molar-refractivity contribution is -0.121. The van der Waals surface area contributed by atoms with Crippen molar-refractivity contribution in [1.29, 1.82) is 0 Å². The number of hydrogen-bond acceptors (Lipinski definition) is 2. The zero-order valence-corrected chi connectivity index (χ0v) is 11.6. The summed E-state index contributed by atoms with van der Waals surface area (Å²) in [4.78, 5) is 12.1. The third-order valence-corrected chi connectivity index (χ3v) is 3.71. The Bertz CT molecular complexity index is 642. The number of carbonyl (C=O) groups excluding carboxylic acids is 1. The van der Waals surface area contributed by atoms with Crippen molar-refractivity contribution in [1.82, 2.24) is 5.32 Å². The molecule has 1 aliphatic heterocycles. The molecule has 0 spiro atoms. The molecule has 0 saturated heterocycles. The number of nitrogens with one attached hydrogen (secondary N) is 1. The number of rotatable bonds is 3. The van der Waals surface area contributed by atoms with Crippen LogP contribution in [0.2, 0.25) is 5.02 Å². The van der Waals surface area contributed by atoms with Gasteiger partial charge in [0, 0.05) is 10.6 Å². The molecule has 2 aromatic carbocycles. The summed E-state index contributed by atoms with van der Waals surface area (Å²) in [5.74, 6) is 0.791. The molecule has 0 bridgehead atoms. The zero-order valence-electron chi connectivity index (χ0n) is 10.8. The topological polar surface area (TPSA) is 38.3 Å². The van der Waals surface area contributed by atoms with Gasteiger partial charge in [-0.1, -0.05) is 48.0 Å². The van der Waals surface area contributed by atoms with Crippen molar-refractivity contribution in [2.75, 3.05) is 6.61 Å². The molecular formula is C16H14ClNO2. The molecule has 0 aliphatic carbocycles. The predicted octanol–water partition coefficient (Wildman–Crippen LogP) is 3.13. The second kappa shape index (κ2) is 5.55. The Morgan fingerprint density at radius 1 is 1.20 bits per heavy atom. The van der Waals surface area contributed by atoms with Crippen molar-refractivity contribution in [3.8, 4) is 5.75 Å². The van der Waals surface area contributed by atoms with Crippen molar-refractivity contribution in [3.05, 3.63) is 64.7 Å². The van der Waals surface area contributed by atoms with E-state index in [9.17, 15) is 4.79 Å². The van der Waals surface area contributed by atoms with E-state index in [-0.39, 0.29) is 18.4 Å². The van der Waals surface area contributed by atoms with Gasteiger partial charge in [0.15, 0.2) is 0 Å². The van der Waals surface area contributed by atoms with Crippen LogP contribution >= 0.6 is 11.6 Å². The van der Waals surface area contributed by atoms with E-state index in [4.69, 9.17) is 16.3 Å². The normalized spacial score (nSPS) is 16.4. The molecule has 4 heteroatoms. The summed E-state index contributed by atoms with van der Waals surface area (Å²) in [6.07, 6.45) is 0.276. The smallest absolute Gasteiger partial charge is 0.225 e. The highest BCUT2D eigenvalue weighted by Gasteiger charge is 2.25. The second-order valence-electron chi connectivity index (χ2n) is 4.74. The van der Waals surface area contributed by atoms with E-state index >= 15 is 0 Å². The highest BCUT2D eigenvalue weighted by Crippen LogP contribution is 2.31. The first-order valence-electron chi connectivity index (χ1n) is 6.48.